The lowest BCUT2D eigenvalue weighted by molar-refractivity contribution is 0.669. The molecular formula is C28H19NO. The van der Waals surface area contributed by atoms with Crippen molar-refractivity contribution in [3.05, 3.63) is 109 Å². The first-order chi connectivity index (χ1) is 14.8. The minimum absolute atomic E-state index is 0.892. The molecule has 0 saturated carbocycles. The summed E-state index contributed by atoms with van der Waals surface area (Å²) in [4.78, 5) is 0. The topological polar surface area (TPSA) is 25.2 Å². The molecule has 1 N–H and O–H groups in total. The van der Waals surface area contributed by atoms with Gasteiger partial charge in [0, 0.05) is 33.8 Å². The molecule has 0 saturated heterocycles. The molecule has 6 rings (SSSR count). The van der Waals surface area contributed by atoms with Crippen molar-refractivity contribution >= 4 is 44.1 Å². The monoisotopic (exact) mass is 385 g/mol. The highest BCUT2D eigenvalue weighted by Gasteiger charge is 2.10. The third-order valence-corrected chi connectivity index (χ3v) is 5.63. The van der Waals surface area contributed by atoms with E-state index in [4.69, 9.17) is 4.42 Å². The van der Waals surface area contributed by atoms with Crippen molar-refractivity contribution in [2.24, 2.45) is 0 Å². The van der Waals surface area contributed by atoms with Gasteiger partial charge in [0.25, 0.3) is 0 Å². The molecule has 30 heavy (non-hydrogen) atoms. The molecule has 0 radical (unpaired) electrons. The Kier molecular flexibility index (Phi) is 3.82. The lowest BCUT2D eigenvalue weighted by atomic mass is 9.99. The van der Waals surface area contributed by atoms with Crippen LogP contribution < -0.4 is 5.32 Å². The predicted molar refractivity (Wildman–Crippen MR) is 126 cm³/mol. The Morgan fingerprint density at radius 2 is 1.23 bits per heavy atom. The first-order valence-corrected chi connectivity index (χ1v) is 10.1. The van der Waals surface area contributed by atoms with Crippen molar-refractivity contribution in [2.45, 2.75) is 0 Å². The summed E-state index contributed by atoms with van der Waals surface area (Å²) in [6.45, 7) is 0. The van der Waals surface area contributed by atoms with Crippen LogP contribution in [0.25, 0.3) is 43.8 Å². The van der Waals surface area contributed by atoms with Gasteiger partial charge in [-0.1, -0.05) is 72.8 Å². The van der Waals surface area contributed by atoms with E-state index >= 15 is 0 Å². The number of benzene rings is 5. The maximum Gasteiger partial charge on any atom is 0.137 e. The number of rotatable bonds is 3. The fourth-order valence-corrected chi connectivity index (χ4v) is 4.16. The number of anilines is 2. The zero-order valence-corrected chi connectivity index (χ0v) is 16.3. The Morgan fingerprint density at radius 3 is 2.10 bits per heavy atom. The second kappa shape index (κ2) is 6.78. The van der Waals surface area contributed by atoms with E-state index in [0.29, 0.717) is 0 Å². The van der Waals surface area contributed by atoms with E-state index in [1.54, 1.807) is 0 Å². The smallest absolute Gasteiger partial charge is 0.137 e. The van der Waals surface area contributed by atoms with Gasteiger partial charge in [-0.2, -0.15) is 0 Å². The van der Waals surface area contributed by atoms with Crippen molar-refractivity contribution in [3.8, 4) is 11.1 Å². The van der Waals surface area contributed by atoms with Crippen molar-refractivity contribution < 1.29 is 4.42 Å². The largest absolute Gasteiger partial charge is 0.456 e. The summed E-state index contributed by atoms with van der Waals surface area (Å²) in [7, 11) is 0. The maximum atomic E-state index is 6.08. The third-order valence-electron chi connectivity index (χ3n) is 5.63. The van der Waals surface area contributed by atoms with E-state index in [-0.39, 0.29) is 0 Å². The van der Waals surface area contributed by atoms with Crippen LogP contribution in [0.15, 0.2) is 114 Å². The standard InChI is InChI=1S/C28H19NO/c1-2-8-19(9-3-1)25-16-20-10-4-5-11-21(20)17-26(25)29-22-14-15-24-23-12-6-7-13-27(23)30-28(24)18-22/h1-18,29H. The molecule has 0 bridgehead atoms. The maximum absolute atomic E-state index is 6.08. The fraction of sp³-hybridized carbons (Fsp3) is 0. The zero-order chi connectivity index (χ0) is 19.9. The molecule has 1 aromatic heterocycles. The van der Waals surface area contributed by atoms with Gasteiger partial charge in [0.2, 0.25) is 0 Å². The molecule has 142 valence electrons. The first kappa shape index (κ1) is 16.9. The minimum Gasteiger partial charge on any atom is -0.456 e. The normalized spacial score (nSPS) is 11.3. The van der Waals surface area contributed by atoms with Crippen LogP contribution in [0, 0.1) is 0 Å². The molecule has 0 aliphatic rings. The minimum atomic E-state index is 0.892. The summed E-state index contributed by atoms with van der Waals surface area (Å²) in [6.07, 6.45) is 0. The van der Waals surface area contributed by atoms with Crippen molar-refractivity contribution in [1.29, 1.82) is 0 Å². The van der Waals surface area contributed by atoms with E-state index in [1.807, 2.05) is 24.3 Å². The highest BCUT2D eigenvalue weighted by molar-refractivity contribution is 6.06. The van der Waals surface area contributed by atoms with Crippen LogP contribution in [0.2, 0.25) is 0 Å². The van der Waals surface area contributed by atoms with Gasteiger partial charge < -0.3 is 9.73 Å². The van der Waals surface area contributed by atoms with E-state index in [1.165, 1.54) is 21.9 Å². The molecule has 0 atom stereocenters. The van der Waals surface area contributed by atoms with Gasteiger partial charge in [-0.15, -0.1) is 0 Å². The summed E-state index contributed by atoms with van der Waals surface area (Å²) in [5.74, 6) is 0. The van der Waals surface area contributed by atoms with Gasteiger partial charge in [-0.25, -0.2) is 0 Å². The lowest BCUT2D eigenvalue weighted by Gasteiger charge is -2.14. The number of hydrogen-bond donors (Lipinski definition) is 1. The van der Waals surface area contributed by atoms with E-state index in [2.05, 4.69) is 90.2 Å². The quantitative estimate of drug-likeness (QED) is 0.332. The van der Waals surface area contributed by atoms with Crippen LogP contribution in [0.1, 0.15) is 0 Å². The molecule has 1 heterocycles. The average Bonchev–Trinajstić information content (AvgIpc) is 3.17. The van der Waals surface area contributed by atoms with E-state index < -0.39 is 0 Å². The molecule has 0 aliphatic carbocycles. The number of nitrogens with one attached hydrogen (secondary N) is 1. The zero-order valence-electron chi connectivity index (χ0n) is 16.3. The van der Waals surface area contributed by atoms with Crippen LogP contribution in [0.4, 0.5) is 11.4 Å². The van der Waals surface area contributed by atoms with Crippen molar-refractivity contribution in [1.82, 2.24) is 0 Å². The highest BCUT2D eigenvalue weighted by Crippen LogP contribution is 2.36. The molecule has 0 amide bonds. The van der Waals surface area contributed by atoms with Crippen molar-refractivity contribution in [2.75, 3.05) is 5.32 Å². The Hall–Kier alpha value is -4.04. The molecular weight excluding hydrogens is 366 g/mol. The molecule has 2 nitrogen and oxygen atoms in total. The second-order valence-electron chi connectivity index (χ2n) is 7.55. The van der Waals surface area contributed by atoms with Crippen LogP contribution in [-0.4, -0.2) is 0 Å². The molecule has 0 unspecified atom stereocenters. The summed E-state index contributed by atoms with van der Waals surface area (Å²) in [5.41, 5.74) is 6.27. The van der Waals surface area contributed by atoms with E-state index in [9.17, 15) is 0 Å². The Morgan fingerprint density at radius 1 is 0.533 bits per heavy atom. The van der Waals surface area contributed by atoms with Gasteiger partial charge >= 0.3 is 0 Å². The van der Waals surface area contributed by atoms with Gasteiger partial charge in [0.15, 0.2) is 0 Å². The average molecular weight is 385 g/mol. The molecule has 6 aromatic rings. The van der Waals surface area contributed by atoms with Crippen LogP contribution in [-0.2, 0) is 0 Å². The molecule has 0 aliphatic heterocycles. The van der Waals surface area contributed by atoms with Gasteiger partial charge in [0.05, 0.1) is 0 Å². The van der Waals surface area contributed by atoms with Gasteiger partial charge in [-0.05, 0) is 46.7 Å². The Balaban J connectivity index is 1.50. The summed E-state index contributed by atoms with van der Waals surface area (Å²) in [6, 6.07) is 38.0. The predicted octanol–water partition coefficient (Wildman–Crippen LogP) is 8.15. The summed E-state index contributed by atoms with van der Waals surface area (Å²) < 4.78 is 6.08. The number of hydrogen-bond acceptors (Lipinski definition) is 2. The molecule has 0 spiro atoms. The fourth-order valence-electron chi connectivity index (χ4n) is 4.16. The molecule has 5 aromatic carbocycles. The van der Waals surface area contributed by atoms with Crippen LogP contribution in [0.5, 0.6) is 0 Å². The third kappa shape index (κ3) is 2.82. The van der Waals surface area contributed by atoms with Gasteiger partial charge in [-0.3, -0.25) is 0 Å². The van der Waals surface area contributed by atoms with Crippen LogP contribution in [0.3, 0.4) is 0 Å². The summed E-state index contributed by atoms with van der Waals surface area (Å²) in [5, 5.41) is 8.37. The Bertz CT molecular complexity index is 1510. The van der Waals surface area contributed by atoms with Crippen molar-refractivity contribution in [3.63, 3.8) is 0 Å². The Labute approximate surface area is 174 Å². The van der Waals surface area contributed by atoms with Gasteiger partial charge in [0.1, 0.15) is 11.2 Å². The second-order valence-corrected chi connectivity index (χ2v) is 7.55. The molecule has 2 heteroatoms. The molecule has 0 fully saturated rings. The number of fused-ring (bicyclic) bond motifs is 4. The van der Waals surface area contributed by atoms with Crippen LogP contribution >= 0.6 is 0 Å². The lowest BCUT2D eigenvalue weighted by Crippen LogP contribution is -1.94. The van der Waals surface area contributed by atoms with E-state index in [0.717, 1.165) is 33.3 Å². The summed E-state index contributed by atoms with van der Waals surface area (Å²) >= 11 is 0. The SMILES string of the molecule is c1ccc(-c2cc3ccccc3cc2Nc2ccc3c(c2)oc2ccccc23)cc1. The highest BCUT2D eigenvalue weighted by atomic mass is 16.3. The first-order valence-electron chi connectivity index (χ1n) is 10.1. The number of furan rings is 1. The number of para-hydroxylation sites is 1.